The number of imidazole rings is 1. The Morgan fingerprint density at radius 2 is 1.84 bits per heavy atom. The van der Waals surface area contributed by atoms with Crippen LogP contribution in [0, 0.1) is 0 Å². The molecule has 2 aromatic heterocycles. The third-order valence-electron chi connectivity index (χ3n) is 5.19. The first kappa shape index (κ1) is 19.0. The lowest BCUT2D eigenvalue weighted by molar-refractivity contribution is 0.0303. The molecule has 156 valence electrons. The van der Waals surface area contributed by atoms with Crippen LogP contribution in [-0.2, 0) is 4.74 Å². The number of ether oxygens (including phenoxy) is 1. The van der Waals surface area contributed by atoms with Gasteiger partial charge in [-0.2, -0.15) is 5.10 Å². The summed E-state index contributed by atoms with van der Waals surface area (Å²) >= 11 is 0. The van der Waals surface area contributed by atoms with Crippen LogP contribution in [0.25, 0.3) is 22.6 Å². The minimum absolute atomic E-state index is 0.0290. The number of benzene rings is 2. The topological polar surface area (TPSA) is 116 Å². The summed E-state index contributed by atoms with van der Waals surface area (Å²) in [5.41, 5.74) is 3.64. The highest BCUT2D eigenvalue weighted by Crippen LogP contribution is 2.26. The minimum Gasteiger partial charge on any atom is -0.378 e. The average Bonchev–Trinajstić information content (AvgIpc) is 3.45. The van der Waals surface area contributed by atoms with Crippen LogP contribution in [0.1, 0.15) is 20.7 Å². The zero-order valence-corrected chi connectivity index (χ0v) is 16.6. The summed E-state index contributed by atoms with van der Waals surface area (Å²) in [6, 6.07) is 14.3. The van der Waals surface area contributed by atoms with E-state index in [0.717, 1.165) is 5.52 Å². The number of H-pyrrole nitrogens is 2. The fraction of sp³-hybridized carbons (Fsp3) is 0.182. The van der Waals surface area contributed by atoms with Crippen molar-refractivity contribution < 1.29 is 14.3 Å². The van der Waals surface area contributed by atoms with E-state index in [2.05, 4.69) is 25.5 Å². The smallest absolute Gasteiger partial charge is 0.255 e. The van der Waals surface area contributed by atoms with Crippen molar-refractivity contribution in [3.05, 3.63) is 65.9 Å². The van der Waals surface area contributed by atoms with Gasteiger partial charge in [0.15, 0.2) is 5.82 Å². The Morgan fingerprint density at radius 3 is 2.65 bits per heavy atom. The lowest BCUT2D eigenvalue weighted by Crippen LogP contribution is -2.40. The predicted molar refractivity (Wildman–Crippen MR) is 115 cm³/mol. The van der Waals surface area contributed by atoms with Crippen LogP contribution in [0.3, 0.4) is 0 Å². The van der Waals surface area contributed by atoms with E-state index in [0.29, 0.717) is 60.2 Å². The summed E-state index contributed by atoms with van der Waals surface area (Å²) in [5, 5.41) is 9.79. The summed E-state index contributed by atoms with van der Waals surface area (Å²) in [6.45, 7) is 2.28. The fourth-order valence-electron chi connectivity index (χ4n) is 3.56. The molecule has 5 rings (SSSR count). The number of anilines is 1. The molecule has 0 aliphatic carbocycles. The zero-order valence-electron chi connectivity index (χ0n) is 16.6. The molecule has 1 saturated heterocycles. The van der Waals surface area contributed by atoms with Crippen molar-refractivity contribution in [2.24, 2.45) is 0 Å². The Kier molecular flexibility index (Phi) is 4.93. The summed E-state index contributed by atoms with van der Waals surface area (Å²) in [7, 11) is 0. The quantitative estimate of drug-likeness (QED) is 0.473. The number of hydrogen-bond acceptors (Lipinski definition) is 5. The number of hydrogen-bond donors (Lipinski definition) is 3. The maximum atomic E-state index is 12.8. The molecular formula is C22H20N6O3. The largest absolute Gasteiger partial charge is 0.378 e. The second-order valence-electron chi connectivity index (χ2n) is 7.20. The molecule has 1 aliphatic heterocycles. The van der Waals surface area contributed by atoms with E-state index in [-0.39, 0.29) is 11.8 Å². The van der Waals surface area contributed by atoms with Crippen LogP contribution in [0.4, 0.5) is 5.69 Å². The Hall–Kier alpha value is -3.98. The zero-order chi connectivity index (χ0) is 21.2. The average molecular weight is 416 g/mol. The second kappa shape index (κ2) is 8.04. The number of nitrogens with zero attached hydrogens (tertiary/aromatic N) is 3. The summed E-state index contributed by atoms with van der Waals surface area (Å²) < 4.78 is 5.32. The van der Waals surface area contributed by atoms with Crippen molar-refractivity contribution in [2.75, 3.05) is 31.6 Å². The van der Waals surface area contributed by atoms with E-state index in [1.165, 1.54) is 6.20 Å². The van der Waals surface area contributed by atoms with Crippen molar-refractivity contribution in [1.29, 1.82) is 0 Å². The van der Waals surface area contributed by atoms with E-state index < -0.39 is 0 Å². The van der Waals surface area contributed by atoms with Gasteiger partial charge in [0.05, 0.1) is 36.1 Å². The van der Waals surface area contributed by atoms with Gasteiger partial charge in [-0.05, 0) is 30.3 Å². The van der Waals surface area contributed by atoms with Crippen LogP contribution < -0.4 is 5.32 Å². The van der Waals surface area contributed by atoms with E-state index in [9.17, 15) is 9.59 Å². The van der Waals surface area contributed by atoms with Crippen molar-refractivity contribution in [3.63, 3.8) is 0 Å². The molecule has 0 atom stereocenters. The van der Waals surface area contributed by atoms with Crippen LogP contribution in [0.2, 0.25) is 0 Å². The van der Waals surface area contributed by atoms with Crippen molar-refractivity contribution in [1.82, 2.24) is 25.1 Å². The Labute approximate surface area is 177 Å². The second-order valence-corrected chi connectivity index (χ2v) is 7.20. The summed E-state index contributed by atoms with van der Waals surface area (Å²) in [4.78, 5) is 34.9. The van der Waals surface area contributed by atoms with Gasteiger partial charge in [0, 0.05) is 24.2 Å². The van der Waals surface area contributed by atoms with E-state index >= 15 is 0 Å². The third-order valence-corrected chi connectivity index (χ3v) is 5.19. The van der Waals surface area contributed by atoms with Gasteiger partial charge in [-0.3, -0.25) is 14.7 Å². The molecule has 9 nitrogen and oxygen atoms in total. The molecule has 31 heavy (non-hydrogen) atoms. The highest BCUT2D eigenvalue weighted by molar-refractivity contribution is 6.05. The monoisotopic (exact) mass is 416 g/mol. The molecule has 1 fully saturated rings. The fourth-order valence-corrected chi connectivity index (χ4v) is 3.56. The van der Waals surface area contributed by atoms with Gasteiger partial charge < -0.3 is 19.9 Å². The van der Waals surface area contributed by atoms with Gasteiger partial charge in [-0.25, -0.2) is 4.98 Å². The van der Waals surface area contributed by atoms with Crippen molar-refractivity contribution in [2.45, 2.75) is 0 Å². The molecule has 3 N–H and O–H groups in total. The number of carbonyl (C=O) groups excluding carboxylic acids is 2. The van der Waals surface area contributed by atoms with Crippen molar-refractivity contribution in [3.8, 4) is 11.5 Å². The number of morpholine rings is 1. The molecular weight excluding hydrogens is 396 g/mol. The number of nitrogens with one attached hydrogen (secondary N) is 3. The first-order valence-corrected chi connectivity index (χ1v) is 9.96. The molecule has 2 amide bonds. The Bertz CT molecular complexity index is 1240. The maximum absolute atomic E-state index is 12.8. The van der Waals surface area contributed by atoms with Gasteiger partial charge >= 0.3 is 0 Å². The lowest BCUT2D eigenvalue weighted by atomic mass is 10.1. The number of aromatic amines is 2. The Morgan fingerprint density at radius 1 is 1.03 bits per heavy atom. The van der Waals surface area contributed by atoms with Gasteiger partial charge in [0.2, 0.25) is 0 Å². The van der Waals surface area contributed by atoms with Gasteiger partial charge in [-0.15, -0.1) is 0 Å². The Balaban J connectivity index is 1.41. The molecule has 3 heterocycles. The predicted octanol–water partition coefficient (Wildman–Crippen LogP) is 2.68. The molecule has 4 aromatic rings. The SMILES string of the molecule is O=C(Nc1cn[nH]c1-c1nc2ccc(C(=O)N3CCOCC3)cc2[nH]1)c1ccccc1. The van der Waals surface area contributed by atoms with Crippen LogP contribution in [-0.4, -0.2) is 63.2 Å². The van der Waals surface area contributed by atoms with Gasteiger partial charge in [-0.1, -0.05) is 18.2 Å². The number of fused-ring (bicyclic) bond motifs is 1. The lowest BCUT2D eigenvalue weighted by Gasteiger charge is -2.26. The van der Waals surface area contributed by atoms with Crippen LogP contribution in [0.15, 0.2) is 54.7 Å². The molecule has 0 saturated carbocycles. The number of carbonyl (C=O) groups is 2. The van der Waals surface area contributed by atoms with Crippen LogP contribution in [0.5, 0.6) is 0 Å². The molecule has 0 spiro atoms. The molecule has 0 bridgehead atoms. The van der Waals surface area contributed by atoms with E-state index in [1.807, 2.05) is 12.1 Å². The summed E-state index contributed by atoms with van der Waals surface area (Å²) in [5.74, 6) is 0.253. The number of rotatable bonds is 4. The van der Waals surface area contributed by atoms with Gasteiger partial charge in [0.25, 0.3) is 11.8 Å². The highest BCUT2D eigenvalue weighted by Gasteiger charge is 2.20. The summed E-state index contributed by atoms with van der Waals surface area (Å²) in [6.07, 6.45) is 1.54. The van der Waals surface area contributed by atoms with Crippen molar-refractivity contribution >= 4 is 28.5 Å². The van der Waals surface area contributed by atoms with Crippen LogP contribution >= 0.6 is 0 Å². The minimum atomic E-state index is -0.238. The number of aromatic nitrogens is 4. The first-order valence-electron chi connectivity index (χ1n) is 9.96. The number of amides is 2. The molecule has 0 unspecified atom stereocenters. The molecule has 2 aromatic carbocycles. The molecule has 9 heteroatoms. The maximum Gasteiger partial charge on any atom is 0.255 e. The molecule has 0 radical (unpaired) electrons. The third kappa shape index (κ3) is 3.78. The highest BCUT2D eigenvalue weighted by atomic mass is 16.5. The standard InChI is InChI=1S/C22H20N6O3/c29-21(14-4-2-1-3-5-14)26-18-13-23-27-19(18)20-24-16-7-6-15(12-17(16)25-20)22(30)28-8-10-31-11-9-28/h1-7,12-13H,8-11H2,(H,23,27)(H,24,25)(H,26,29). The van der Waals surface area contributed by atoms with E-state index in [1.54, 1.807) is 41.3 Å². The van der Waals surface area contributed by atoms with Gasteiger partial charge in [0.1, 0.15) is 5.69 Å². The van der Waals surface area contributed by atoms with E-state index in [4.69, 9.17) is 4.74 Å². The normalized spacial score (nSPS) is 14.0. The molecule has 1 aliphatic rings. The first-order chi connectivity index (χ1) is 15.2.